The van der Waals surface area contributed by atoms with Gasteiger partial charge in [0.2, 0.25) is 0 Å². The van der Waals surface area contributed by atoms with Crippen LogP contribution in [-0.2, 0) is 14.9 Å². The molecule has 106 valence electrons. The Morgan fingerprint density at radius 1 is 1.21 bits per heavy atom. The second-order valence-corrected chi connectivity index (χ2v) is 5.46. The number of rotatable bonds is 4. The van der Waals surface area contributed by atoms with Gasteiger partial charge < -0.3 is 9.47 Å². The van der Waals surface area contributed by atoms with Crippen LogP contribution < -0.4 is 4.74 Å². The highest BCUT2D eigenvalue weighted by molar-refractivity contribution is 9.08. The third-order valence-corrected chi connectivity index (χ3v) is 2.61. The molecule has 0 heterocycles. The molecular weight excluding hydrogens is 322 g/mol. The van der Waals surface area contributed by atoms with E-state index in [2.05, 4.69) is 25.4 Å². The average Bonchev–Trinajstić information content (AvgIpc) is 2.27. The highest BCUT2D eigenvalue weighted by Gasteiger charge is 2.46. The smallest absolute Gasteiger partial charge is 0.453 e. The van der Waals surface area contributed by atoms with E-state index in [-0.39, 0.29) is 5.75 Å². The molecule has 1 aromatic carbocycles. The zero-order valence-corrected chi connectivity index (χ0v) is 12.5. The molecule has 0 aliphatic heterocycles. The molecule has 0 amide bonds. The van der Waals surface area contributed by atoms with E-state index in [4.69, 9.17) is 0 Å². The summed E-state index contributed by atoms with van der Waals surface area (Å²) in [5, 5.41) is 0.607. The number of benzene rings is 1. The van der Waals surface area contributed by atoms with Crippen molar-refractivity contribution in [1.82, 2.24) is 0 Å². The molecule has 0 spiro atoms. The van der Waals surface area contributed by atoms with Crippen molar-refractivity contribution in [2.24, 2.45) is 0 Å². The molecule has 0 fully saturated rings. The maximum atomic E-state index is 13.5. The fourth-order valence-electron chi connectivity index (χ4n) is 1.17. The molecule has 0 aliphatic rings. The van der Waals surface area contributed by atoms with Crippen LogP contribution >= 0.6 is 15.9 Å². The van der Waals surface area contributed by atoms with Crippen molar-refractivity contribution in [3.8, 4) is 5.75 Å². The number of halogens is 3. The Morgan fingerprint density at radius 3 is 2.16 bits per heavy atom. The molecule has 0 unspecified atom stereocenters. The number of hydrogen-bond acceptors (Lipinski definition) is 3. The highest BCUT2D eigenvalue weighted by Crippen LogP contribution is 2.25. The summed E-state index contributed by atoms with van der Waals surface area (Å²) >= 11 is 3.24. The summed E-state index contributed by atoms with van der Waals surface area (Å²) in [5.41, 5.74) is -0.0862. The zero-order valence-electron chi connectivity index (χ0n) is 10.9. The molecule has 1 aromatic rings. The van der Waals surface area contributed by atoms with Crippen LogP contribution in [0.4, 0.5) is 8.78 Å². The van der Waals surface area contributed by atoms with Gasteiger partial charge in [-0.3, -0.25) is 0 Å². The zero-order chi connectivity index (χ0) is 14.7. The fourth-order valence-corrected chi connectivity index (χ4v) is 1.55. The van der Waals surface area contributed by atoms with Gasteiger partial charge in [-0.1, -0.05) is 28.1 Å². The Balaban J connectivity index is 2.74. The van der Waals surface area contributed by atoms with Crippen LogP contribution in [0.5, 0.6) is 5.75 Å². The Kier molecular flexibility index (Phi) is 4.90. The van der Waals surface area contributed by atoms with Gasteiger partial charge in [0.05, 0.1) is 0 Å². The van der Waals surface area contributed by atoms with Gasteiger partial charge >= 0.3 is 12.1 Å². The predicted octanol–water partition coefficient (Wildman–Crippen LogP) is 3.89. The number of carbonyl (C=O) groups excluding carboxylic acids is 1. The van der Waals surface area contributed by atoms with Crippen LogP contribution in [0.1, 0.15) is 26.3 Å². The van der Waals surface area contributed by atoms with Crippen LogP contribution in [0, 0.1) is 0 Å². The Hall–Kier alpha value is -1.17. The number of ether oxygens (including phenoxy) is 2. The number of carbonyl (C=O) groups is 1. The SMILES string of the molecule is CC(C)(C)OC(=O)C(F)(F)Oc1ccc(CBr)cc1. The molecule has 1 rings (SSSR count). The molecule has 0 aromatic heterocycles. The topological polar surface area (TPSA) is 35.5 Å². The van der Waals surface area contributed by atoms with Gasteiger partial charge in [-0.05, 0) is 38.5 Å². The first kappa shape index (κ1) is 15.9. The van der Waals surface area contributed by atoms with Crippen LogP contribution in [-0.4, -0.2) is 17.7 Å². The van der Waals surface area contributed by atoms with Gasteiger partial charge in [-0.25, -0.2) is 4.79 Å². The number of hydrogen-bond donors (Lipinski definition) is 0. The second-order valence-electron chi connectivity index (χ2n) is 4.90. The summed E-state index contributed by atoms with van der Waals surface area (Å²) in [6, 6.07) is 5.98. The van der Waals surface area contributed by atoms with Crippen molar-refractivity contribution >= 4 is 21.9 Å². The summed E-state index contributed by atoms with van der Waals surface area (Å²) in [6.07, 6.45) is -4.01. The molecule has 0 N–H and O–H groups in total. The highest BCUT2D eigenvalue weighted by atomic mass is 79.9. The van der Waals surface area contributed by atoms with E-state index in [1.165, 1.54) is 32.9 Å². The van der Waals surface area contributed by atoms with Crippen LogP contribution in [0.15, 0.2) is 24.3 Å². The van der Waals surface area contributed by atoms with Crippen molar-refractivity contribution in [1.29, 1.82) is 0 Å². The lowest BCUT2D eigenvalue weighted by atomic mass is 10.2. The molecule has 3 nitrogen and oxygen atoms in total. The predicted molar refractivity (Wildman–Crippen MR) is 70.5 cm³/mol. The van der Waals surface area contributed by atoms with Crippen molar-refractivity contribution in [3.63, 3.8) is 0 Å². The van der Waals surface area contributed by atoms with E-state index in [1.54, 1.807) is 12.1 Å². The average molecular weight is 337 g/mol. The molecule has 0 bridgehead atoms. The third-order valence-electron chi connectivity index (χ3n) is 1.96. The maximum absolute atomic E-state index is 13.5. The summed E-state index contributed by atoms with van der Waals surface area (Å²) < 4.78 is 36.0. The molecule has 0 saturated carbocycles. The lowest BCUT2D eigenvalue weighted by molar-refractivity contribution is -0.226. The number of esters is 1. The third kappa shape index (κ3) is 5.14. The normalized spacial score (nSPS) is 12.1. The molecule has 0 aliphatic carbocycles. The molecule has 0 saturated heterocycles. The van der Waals surface area contributed by atoms with Gasteiger partial charge in [-0.2, -0.15) is 8.78 Å². The van der Waals surface area contributed by atoms with Gasteiger partial charge in [0.15, 0.2) is 0 Å². The van der Waals surface area contributed by atoms with E-state index in [0.717, 1.165) is 5.56 Å². The van der Waals surface area contributed by atoms with E-state index < -0.39 is 17.7 Å². The first-order valence-electron chi connectivity index (χ1n) is 5.59. The summed E-state index contributed by atoms with van der Waals surface area (Å²) in [4.78, 5) is 11.3. The van der Waals surface area contributed by atoms with Gasteiger partial charge in [0.1, 0.15) is 11.4 Å². The Labute approximate surface area is 119 Å². The lowest BCUT2D eigenvalue weighted by Crippen LogP contribution is -2.41. The van der Waals surface area contributed by atoms with Crippen molar-refractivity contribution in [2.45, 2.75) is 37.8 Å². The van der Waals surface area contributed by atoms with E-state index in [9.17, 15) is 13.6 Å². The summed E-state index contributed by atoms with van der Waals surface area (Å²) in [5.74, 6) is -1.80. The first-order chi connectivity index (χ1) is 8.64. The second kappa shape index (κ2) is 5.86. The Bertz CT molecular complexity index is 438. The molecule has 0 atom stereocenters. The van der Waals surface area contributed by atoms with Crippen LogP contribution in [0.25, 0.3) is 0 Å². The fraction of sp³-hybridized carbons (Fsp3) is 0.462. The molecular formula is C13H15BrF2O3. The lowest BCUT2D eigenvalue weighted by Gasteiger charge is -2.23. The Morgan fingerprint density at radius 2 is 1.74 bits per heavy atom. The van der Waals surface area contributed by atoms with Crippen LogP contribution in [0.3, 0.4) is 0 Å². The van der Waals surface area contributed by atoms with Gasteiger partial charge in [0.25, 0.3) is 0 Å². The standard InChI is InChI=1S/C13H15BrF2O3/c1-12(2,3)19-11(17)13(15,16)18-10-6-4-9(8-14)5-7-10/h4-7H,8H2,1-3H3. The van der Waals surface area contributed by atoms with Gasteiger partial charge in [0, 0.05) is 5.33 Å². The molecule has 19 heavy (non-hydrogen) atoms. The summed E-state index contributed by atoms with van der Waals surface area (Å²) in [7, 11) is 0. The maximum Gasteiger partial charge on any atom is 0.502 e. The quantitative estimate of drug-likeness (QED) is 0.618. The largest absolute Gasteiger partial charge is 0.502 e. The summed E-state index contributed by atoms with van der Waals surface area (Å²) in [6.45, 7) is 4.52. The van der Waals surface area contributed by atoms with E-state index in [1.807, 2.05) is 0 Å². The monoisotopic (exact) mass is 336 g/mol. The molecule has 6 heteroatoms. The van der Waals surface area contributed by atoms with Crippen LogP contribution in [0.2, 0.25) is 0 Å². The first-order valence-corrected chi connectivity index (χ1v) is 6.71. The van der Waals surface area contributed by atoms with Crippen molar-refractivity contribution in [3.05, 3.63) is 29.8 Å². The minimum absolute atomic E-state index is 0.0967. The van der Waals surface area contributed by atoms with E-state index >= 15 is 0 Å². The minimum atomic E-state index is -4.01. The van der Waals surface area contributed by atoms with E-state index in [0.29, 0.717) is 5.33 Å². The van der Waals surface area contributed by atoms with Crippen molar-refractivity contribution < 1.29 is 23.0 Å². The molecule has 0 radical (unpaired) electrons. The minimum Gasteiger partial charge on any atom is -0.453 e. The number of alkyl halides is 3. The van der Waals surface area contributed by atoms with Crippen molar-refractivity contribution in [2.75, 3.05) is 0 Å². The van der Waals surface area contributed by atoms with Gasteiger partial charge in [-0.15, -0.1) is 0 Å².